The molecule has 0 saturated heterocycles. The van der Waals surface area contributed by atoms with Crippen LogP contribution < -0.4 is 0 Å². The number of H-pyrrole nitrogens is 1. The molecule has 0 fully saturated rings. The Balaban J connectivity index is 2.61. The molecule has 2 rings (SSSR count). The number of carbonyl (C=O) groups excluding carboxylic acids is 1. The minimum absolute atomic E-state index is 0.0856. The van der Waals surface area contributed by atoms with Crippen molar-refractivity contribution >= 4 is 17.0 Å². The zero-order chi connectivity index (χ0) is 11.0. The van der Waals surface area contributed by atoms with Crippen molar-refractivity contribution in [2.45, 2.75) is 0 Å². The lowest BCUT2D eigenvalue weighted by Crippen LogP contribution is -2.02. The molecule has 0 aliphatic heterocycles. The quantitative estimate of drug-likeness (QED) is 0.731. The normalized spacial score (nSPS) is 10.6. The molecule has 78 valence electrons. The number of rotatable bonds is 1. The van der Waals surface area contributed by atoms with Gasteiger partial charge >= 0.3 is 5.97 Å². The lowest BCUT2D eigenvalue weighted by Gasteiger charge is -1.90. The number of aromatic amines is 1. The maximum absolute atomic E-state index is 12.8. The second kappa shape index (κ2) is 3.30. The third-order valence-electron chi connectivity index (χ3n) is 1.90. The molecule has 6 heteroatoms. The molecule has 0 unspecified atom stereocenters. The molecule has 0 aliphatic carbocycles. The molecule has 1 N–H and O–H groups in total. The fraction of sp³-hybridized carbons (Fsp3) is 0.111. The van der Waals surface area contributed by atoms with E-state index in [0.717, 1.165) is 12.1 Å². The van der Waals surface area contributed by atoms with Gasteiger partial charge in [-0.15, -0.1) is 0 Å². The van der Waals surface area contributed by atoms with E-state index in [0.29, 0.717) is 0 Å². The summed E-state index contributed by atoms with van der Waals surface area (Å²) in [5.74, 6) is -2.78. The molecule has 0 atom stereocenters. The van der Waals surface area contributed by atoms with Crippen molar-refractivity contribution in [2.24, 2.45) is 0 Å². The molecular formula is C9H6F2N2O2. The number of aromatic nitrogens is 2. The number of esters is 1. The molecule has 0 spiro atoms. The van der Waals surface area contributed by atoms with Crippen LogP contribution in [-0.2, 0) is 4.74 Å². The highest BCUT2D eigenvalue weighted by atomic mass is 19.2. The smallest absolute Gasteiger partial charge is 0.374 e. The summed E-state index contributed by atoms with van der Waals surface area (Å²) in [7, 11) is 1.19. The van der Waals surface area contributed by atoms with Crippen LogP contribution in [0.5, 0.6) is 0 Å². The van der Waals surface area contributed by atoms with Crippen molar-refractivity contribution in [3.8, 4) is 0 Å². The van der Waals surface area contributed by atoms with E-state index in [1.165, 1.54) is 7.11 Å². The predicted octanol–water partition coefficient (Wildman–Crippen LogP) is 1.63. The number of nitrogens with zero attached hydrogens (tertiary/aromatic N) is 1. The summed E-state index contributed by atoms with van der Waals surface area (Å²) < 4.78 is 30.0. The molecule has 1 aromatic carbocycles. The number of imidazole rings is 1. The fourth-order valence-electron chi connectivity index (χ4n) is 1.20. The van der Waals surface area contributed by atoms with E-state index < -0.39 is 17.6 Å². The molecule has 1 heterocycles. The van der Waals surface area contributed by atoms with Gasteiger partial charge in [-0.25, -0.2) is 18.6 Å². The number of ether oxygens (including phenoxy) is 1. The second-order valence-corrected chi connectivity index (χ2v) is 2.86. The molecule has 2 aromatic rings. The molecule has 15 heavy (non-hydrogen) atoms. The van der Waals surface area contributed by atoms with E-state index in [1.807, 2.05) is 0 Å². The van der Waals surface area contributed by atoms with Crippen LogP contribution in [0.4, 0.5) is 8.78 Å². The lowest BCUT2D eigenvalue weighted by molar-refractivity contribution is 0.0588. The van der Waals surface area contributed by atoms with Crippen LogP contribution in [0.15, 0.2) is 12.1 Å². The van der Waals surface area contributed by atoms with Gasteiger partial charge in [0.15, 0.2) is 11.6 Å². The predicted molar refractivity (Wildman–Crippen MR) is 47.3 cm³/mol. The maximum atomic E-state index is 12.8. The number of hydrogen-bond acceptors (Lipinski definition) is 3. The summed E-state index contributed by atoms with van der Waals surface area (Å²) >= 11 is 0. The van der Waals surface area contributed by atoms with Crippen molar-refractivity contribution in [3.63, 3.8) is 0 Å². The van der Waals surface area contributed by atoms with Crippen LogP contribution in [0.1, 0.15) is 10.6 Å². The van der Waals surface area contributed by atoms with E-state index in [2.05, 4.69) is 14.7 Å². The SMILES string of the molecule is COC(=O)c1nc2cc(F)c(F)cc2[nH]1. The molecule has 1 aromatic heterocycles. The maximum Gasteiger partial charge on any atom is 0.374 e. The van der Waals surface area contributed by atoms with Crippen molar-refractivity contribution in [1.29, 1.82) is 0 Å². The number of hydrogen-bond donors (Lipinski definition) is 1. The zero-order valence-electron chi connectivity index (χ0n) is 7.67. The highest BCUT2D eigenvalue weighted by molar-refractivity contribution is 5.90. The molecular weight excluding hydrogens is 206 g/mol. The number of nitrogens with one attached hydrogen (secondary N) is 1. The topological polar surface area (TPSA) is 55.0 Å². The molecule has 0 bridgehead atoms. The summed E-state index contributed by atoms with van der Waals surface area (Å²) in [6.07, 6.45) is 0. The van der Waals surface area contributed by atoms with E-state index in [1.54, 1.807) is 0 Å². The Morgan fingerprint density at radius 3 is 2.73 bits per heavy atom. The Kier molecular flexibility index (Phi) is 2.11. The van der Waals surface area contributed by atoms with Crippen LogP contribution in [0.3, 0.4) is 0 Å². The number of halogens is 2. The van der Waals surface area contributed by atoms with Gasteiger partial charge in [-0.3, -0.25) is 0 Å². The van der Waals surface area contributed by atoms with E-state index >= 15 is 0 Å². The Hall–Kier alpha value is -1.98. The average Bonchev–Trinajstić information content (AvgIpc) is 2.60. The summed E-state index contributed by atoms with van der Waals surface area (Å²) in [4.78, 5) is 17.3. The first-order valence-corrected chi connectivity index (χ1v) is 4.05. The third-order valence-corrected chi connectivity index (χ3v) is 1.90. The fourth-order valence-corrected chi connectivity index (χ4v) is 1.20. The van der Waals surface area contributed by atoms with Gasteiger partial charge in [0.1, 0.15) is 0 Å². The minimum Gasteiger partial charge on any atom is -0.463 e. The Morgan fingerprint density at radius 2 is 2.07 bits per heavy atom. The van der Waals surface area contributed by atoms with Crippen molar-refractivity contribution < 1.29 is 18.3 Å². The van der Waals surface area contributed by atoms with Crippen molar-refractivity contribution in [1.82, 2.24) is 9.97 Å². The first kappa shape index (κ1) is 9.57. The summed E-state index contributed by atoms with van der Waals surface area (Å²) in [6.45, 7) is 0. The van der Waals surface area contributed by atoms with Gasteiger partial charge in [-0.05, 0) is 0 Å². The largest absolute Gasteiger partial charge is 0.463 e. The Labute approximate surface area is 82.9 Å². The van der Waals surface area contributed by atoms with Gasteiger partial charge in [-0.1, -0.05) is 0 Å². The van der Waals surface area contributed by atoms with Crippen LogP contribution in [-0.4, -0.2) is 23.0 Å². The summed E-state index contributed by atoms with van der Waals surface area (Å²) in [5.41, 5.74) is 0.420. The third kappa shape index (κ3) is 1.54. The average molecular weight is 212 g/mol. The first-order valence-electron chi connectivity index (χ1n) is 4.05. The second-order valence-electron chi connectivity index (χ2n) is 2.86. The Bertz CT molecular complexity index is 497. The molecule has 4 nitrogen and oxygen atoms in total. The van der Waals surface area contributed by atoms with Gasteiger partial charge in [-0.2, -0.15) is 0 Å². The van der Waals surface area contributed by atoms with Gasteiger partial charge in [0.25, 0.3) is 0 Å². The highest BCUT2D eigenvalue weighted by Crippen LogP contribution is 2.16. The van der Waals surface area contributed by atoms with Gasteiger partial charge in [0.2, 0.25) is 5.82 Å². The van der Waals surface area contributed by atoms with Crippen LogP contribution in [0, 0.1) is 11.6 Å². The zero-order valence-corrected chi connectivity index (χ0v) is 7.67. The number of benzene rings is 1. The summed E-state index contributed by atoms with van der Waals surface area (Å²) in [5, 5.41) is 0. The lowest BCUT2D eigenvalue weighted by atomic mass is 10.3. The molecule has 0 saturated carbocycles. The van der Waals surface area contributed by atoms with E-state index in [-0.39, 0.29) is 16.9 Å². The number of methoxy groups -OCH3 is 1. The molecule has 0 radical (unpaired) electrons. The van der Waals surface area contributed by atoms with Crippen LogP contribution >= 0.6 is 0 Å². The van der Waals surface area contributed by atoms with E-state index in [4.69, 9.17) is 0 Å². The minimum atomic E-state index is -1.01. The first-order chi connectivity index (χ1) is 7.11. The summed E-state index contributed by atoms with van der Waals surface area (Å²) in [6, 6.07) is 1.84. The van der Waals surface area contributed by atoms with Crippen LogP contribution in [0.25, 0.3) is 11.0 Å². The van der Waals surface area contributed by atoms with Crippen molar-refractivity contribution in [3.05, 3.63) is 29.6 Å². The number of fused-ring (bicyclic) bond motifs is 1. The van der Waals surface area contributed by atoms with Crippen molar-refractivity contribution in [2.75, 3.05) is 7.11 Å². The number of carbonyl (C=O) groups is 1. The molecule has 0 aliphatic rings. The van der Waals surface area contributed by atoms with E-state index in [9.17, 15) is 13.6 Å². The van der Waals surface area contributed by atoms with Gasteiger partial charge in [0.05, 0.1) is 18.1 Å². The molecule has 0 amide bonds. The Morgan fingerprint density at radius 1 is 1.40 bits per heavy atom. The van der Waals surface area contributed by atoms with Gasteiger partial charge < -0.3 is 9.72 Å². The van der Waals surface area contributed by atoms with Gasteiger partial charge in [0, 0.05) is 12.1 Å². The highest BCUT2D eigenvalue weighted by Gasteiger charge is 2.13. The standard InChI is InChI=1S/C9H6F2N2O2/c1-15-9(14)8-12-6-2-4(10)5(11)3-7(6)13-8/h2-3H,1H3,(H,12,13). The van der Waals surface area contributed by atoms with Crippen LogP contribution in [0.2, 0.25) is 0 Å². The monoisotopic (exact) mass is 212 g/mol.